The Morgan fingerprint density at radius 3 is 2.92 bits per heavy atom. The molecule has 12 heavy (non-hydrogen) atoms. The highest BCUT2D eigenvalue weighted by Crippen LogP contribution is 2.08. The van der Waals surface area contributed by atoms with E-state index in [0.29, 0.717) is 19.3 Å². The predicted octanol–water partition coefficient (Wildman–Crippen LogP) is -1.30. The van der Waals surface area contributed by atoms with Gasteiger partial charge in [-0.05, 0) is 13.0 Å². The molecule has 0 amide bonds. The van der Waals surface area contributed by atoms with Gasteiger partial charge in [0.05, 0.1) is 25.4 Å². The summed E-state index contributed by atoms with van der Waals surface area (Å²) < 4.78 is 5.15. The van der Waals surface area contributed by atoms with Gasteiger partial charge in [-0.25, -0.2) is 0 Å². The van der Waals surface area contributed by atoms with Crippen LogP contribution in [-0.4, -0.2) is 49.6 Å². The average molecular weight is 172 g/mol. The van der Waals surface area contributed by atoms with E-state index in [-0.39, 0.29) is 12.1 Å². The lowest BCUT2D eigenvalue weighted by atomic mass is 10.1. The summed E-state index contributed by atoms with van der Waals surface area (Å²) in [5.41, 5.74) is 0. The van der Waals surface area contributed by atoms with Crippen molar-refractivity contribution < 1.29 is 9.84 Å². The smallest absolute Gasteiger partial charge is 0.0948 e. The van der Waals surface area contributed by atoms with Crippen molar-refractivity contribution >= 4 is 0 Å². The van der Waals surface area contributed by atoms with E-state index in [4.69, 9.17) is 4.74 Å². The van der Waals surface area contributed by atoms with Gasteiger partial charge in [-0.1, -0.05) is 0 Å². The number of ether oxygens (including phenoxy) is 1. The molecule has 0 spiro atoms. The van der Waals surface area contributed by atoms with E-state index < -0.39 is 0 Å². The molecule has 2 fully saturated rings. The Bertz CT molecular complexity index is 148. The first-order valence-corrected chi connectivity index (χ1v) is 4.59. The first-order valence-electron chi connectivity index (χ1n) is 4.59. The highest BCUT2D eigenvalue weighted by Gasteiger charge is 2.28. The topological polar surface area (TPSA) is 53.5 Å². The van der Waals surface area contributed by atoms with Gasteiger partial charge in [-0.15, -0.1) is 0 Å². The molecule has 0 aliphatic carbocycles. The molecule has 3 N–H and O–H groups in total. The van der Waals surface area contributed by atoms with Crippen LogP contribution in [0.2, 0.25) is 0 Å². The lowest BCUT2D eigenvalue weighted by molar-refractivity contribution is 0.121. The van der Waals surface area contributed by atoms with Crippen LogP contribution in [-0.2, 0) is 4.74 Å². The molecule has 0 aromatic carbocycles. The minimum atomic E-state index is -0.314. The van der Waals surface area contributed by atoms with Crippen LogP contribution < -0.4 is 10.6 Å². The fourth-order valence-electron chi connectivity index (χ4n) is 1.80. The molecular weight excluding hydrogens is 156 g/mol. The van der Waals surface area contributed by atoms with E-state index in [9.17, 15) is 5.11 Å². The van der Waals surface area contributed by atoms with Gasteiger partial charge in [-0.3, -0.25) is 0 Å². The molecular formula is C8H16N2O2. The zero-order valence-electron chi connectivity index (χ0n) is 7.12. The van der Waals surface area contributed by atoms with E-state index in [0.717, 1.165) is 19.5 Å². The number of hydrogen-bond acceptors (Lipinski definition) is 4. The molecule has 0 aromatic rings. The summed E-state index contributed by atoms with van der Waals surface area (Å²) in [6.45, 7) is 3.24. The van der Waals surface area contributed by atoms with Gasteiger partial charge in [0.15, 0.2) is 0 Å². The van der Waals surface area contributed by atoms with Crippen LogP contribution in [0.4, 0.5) is 0 Å². The summed E-state index contributed by atoms with van der Waals surface area (Å²) in [7, 11) is 0. The SMILES string of the molecule is O[C@@H]1COC[C@H]1NC1CCNC1. The molecule has 70 valence electrons. The molecule has 2 rings (SSSR count). The molecule has 0 aromatic heterocycles. The monoisotopic (exact) mass is 172 g/mol. The van der Waals surface area contributed by atoms with E-state index in [1.807, 2.05) is 0 Å². The first kappa shape index (κ1) is 8.44. The van der Waals surface area contributed by atoms with Gasteiger partial charge >= 0.3 is 0 Å². The Kier molecular flexibility index (Phi) is 2.60. The standard InChI is InChI=1S/C8H16N2O2/c11-8-5-12-4-7(8)10-6-1-2-9-3-6/h6-11H,1-5H2/t6?,7-,8-/m1/s1. The van der Waals surface area contributed by atoms with Gasteiger partial charge in [0, 0.05) is 12.6 Å². The second-order valence-electron chi connectivity index (χ2n) is 3.57. The quantitative estimate of drug-likeness (QED) is 0.484. The second kappa shape index (κ2) is 3.70. The van der Waals surface area contributed by atoms with Crippen LogP contribution in [0.15, 0.2) is 0 Å². The van der Waals surface area contributed by atoms with Crippen molar-refractivity contribution in [2.75, 3.05) is 26.3 Å². The van der Waals surface area contributed by atoms with Crippen LogP contribution in [0.3, 0.4) is 0 Å². The minimum absolute atomic E-state index is 0.148. The molecule has 0 bridgehead atoms. The van der Waals surface area contributed by atoms with Crippen LogP contribution in [0.1, 0.15) is 6.42 Å². The predicted molar refractivity (Wildman–Crippen MR) is 45.0 cm³/mol. The summed E-state index contributed by atoms with van der Waals surface area (Å²) >= 11 is 0. The number of aliphatic hydroxyl groups is 1. The molecule has 2 aliphatic heterocycles. The number of rotatable bonds is 2. The Morgan fingerprint density at radius 1 is 1.42 bits per heavy atom. The molecule has 4 heteroatoms. The van der Waals surface area contributed by atoms with Crippen LogP contribution in [0.5, 0.6) is 0 Å². The molecule has 0 radical (unpaired) electrons. The third kappa shape index (κ3) is 1.77. The molecule has 3 atom stereocenters. The second-order valence-corrected chi connectivity index (χ2v) is 3.57. The van der Waals surface area contributed by atoms with Crippen LogP contribution >= 0.6 is 0 Å². The van der Waals surface area contributed by atoms with Crippen molar-refractivity contribution in [3.63, 3.8) is 0 Å². The van der Waals surface area contributed by atoms with Crippen molar-refractivity contribution in [3.05, 3.63) is 0 Å². The highest BCUT2D eigenvalue weighted by molar-refractivity contribution is 4.87. The summed E-state index contributed by atoms with van der Waals surface area (Å²) in [5.74, 6) is 0. The zero-order chi connectivity index (χ0) is 8.39. The van der Waals surface area contributed by atoms with E-state index in [1.54, 1.807) is 0 Å². The summed E-state index contributed by atoms with van der Waals surface area (Å²) in [6.07, 6.45) is 0.842. The maximum atomic E-state index is 9.44. The van der Waals surface area contributed by atoms with Gasteiger partial charge in [0.2, 0.25) is 0 Å². The number of aliphatic hydroxyl groups excluding tert-OH is 1. The van der Waals surface area contributed by atoms with Gasteiger partial charge < -0.3 is 20.5 Å². The van der Waals surface area contributed by atoms with Gasteiger partial charge in [0.25, 0.3) is 0 Å². The zero-order valence-corrected chi connectivity index (χ0v) is 7.12. The van der Waals surface area contributed by atoms with Crippen molar-refractivity contribution in [2.45, 2.75) is 24.6 Å². The largest absolute Gasteiger partial charge is 0.389 e. The van der Waals surface area contributed by atoms with Crippen LogP contribution in [0.25, 0.3) is 0 Å². The maximum absolute atomic E-state index is 9.44. The summed E-state index contributed by atoms with van der Waals surface area (Å²) in [5, 5.41) is 16.1. The lowest BCUT2D eigenvalue weighted by Crippen LogP contribution is -2.45. The third-order valence-corrected chi connectivity index (χ3v) is 2.56. The van der Waals surface area contributed by atoms with E-state index >= 15 is 0 Å². The molecule has 0 saturated carbocycles. The van der Waals surface area contributed by atoms with Gasteiger partial charge in [0.1, 0.15) is 0 Å². The van der Waals surface area contributed by atoms with E-state index in [1.165, 1.54) is 0 Å². The Balaban J connectivity index is 1.77. The van der Waals surface area contributed by atoms with Crippen LogP contribution in [0, 0.1) is 0 Å². The minimum Gasteiger partial charge on any atom is -0.389 e. The van der Waals surface area contributed by atoms with Gasteiger partial charge in [-0.2, -0.15) is 0 Å². The molecule has 1 unspecified atom stereocenters. The fourth-order valence-corrected chi connectivity index (χ4v) is 1.80. The molecule has 2 heterocycles. The normalized spacial score (nSPS) is 42.2. The Morgan fingerprint density at radius 2 is 2.33 bits per heavy atom. The first-order chi connectivity index (χ1) is 5.86. The highest BCUT2D eigenvalue weighted by atomic mass is 16.5. The van der Waals surface area contributed by atoms with Crippen molar-refractivity contribution in [1.29, 1.82) is 0 Å². The molecule has 4 nitrogen and oxygen atoms in total. The summed E-state index contributed by atoms with van der Waals surface area (Å²) in [4.78, 5) is 0. The average Bonchev–Trinajstić information content (AvgIpc) is 2.65. The fraction of sp³-hybridized carbons (Fsp3) is 1.00. The lowest BCUT2D eigenvalue weighted by Gasteiger charge is -2.19. The summed E-state index contributed by atoms with van der Waals surface area (Å²) in [6, 6.07) is 0.668. The number of hydrogen-bond donors (Lipinski definition) is 3. The Hall–Kier alpha value is -0.160. The number of nitrogens with one attached hydrogen (secondary N) is 2. The Labute approximate surface area is 72.3 Å². The van der Waals surface area contributed by atoms with Crippen molar-refractivity contribution in [2.24, 2.45) is 0 Å². The van der Waals surface area contributed by atoms with Crippen molar-refractivity contribution in [3.8, 4) is 0 Å². The molecule has 2 saturated heterocycles. The maximum Gasteiger partial charge on any atom is 0.0948 e. The molecule has 2 aliphatic rings. The van der Waals surface area contributed by atoms with E-state index in [2.05, 4.69) is 10.6 Å². The third-order valence-electron chi connectivity index (χ3n) is 2.56. The van der Waals surface area contributed by atoms with Crippen molar-refractivity contribution in [1.82, 2.24) is 10.6 Å².